The molecule has 114 valence electrons. The molecule has 2 fully saturated rings. The number of hydrogen-bond donors (Lipinski definition) is 2. The molecule has 1 saturated heterocycles. The van der Waals surface area contributed by atoms with Gasteiger partial charge in [0.25, 0.3) is 0 Å². The van der Waals surface area contributed by atoms with Crippen molar-refractivity contribution in [2.24, 2.45) is 5.41 Å². The molecule has 2 atom stereocenters. The van der Waals surface area contributed by atoms with Crippen molar-refractivity contribution in [2.45, 2.75) is 70.9 Å². The first-order valence-electron chi connectivity index (χ1n) is 7.71. The number of rotatable bonds is 4. The van der Waals surface area contributed by atoms with Gasteiger partial charge < -0.3 is 15.3 Å². The zero-order valence-electron chi connectivity index (χ0n) is 12.5. The predicted octanol–water partition coefficient (Wildman–Crippen LogP) is 2.60. The van der Waals surface area contributed by atoms with Crippen LogP contribution in [-0.2, 0) is 4.79 Å². The molecule has 5 nitrogen and oxygen atoms in total. The van der Waals surface area contributed by atoms with Crippen LogP contribution in [0, 0.1) is 5.41 Å². The smallest absolute Gasteiger partial charge is 0.317 e. The fourth-order valence-corrected chi connectivity index (χ4v) is 3.59. The highest BCUT2D eigenvalue weighted by Crippen LogP contribution is 2.43. The number of carboxylic acids is 1. The molecule has 0 spiro atoms. The van der Waals surface area contributed by atoms with Crippen LogP contribution in [0.25, 0.3) is 0 Å². The summed E-state index contributed by atoms with van der Waals surface area (Å²) in [6.45, 7) is 4.67. The van der Waals surface area contributed by atoms with E-state index in [1.807, 2.05) is 4.90 Å². The van der Waals surface area contributed by atoms with Gasteiger partial charge >= 0.3 is 12.0 Å². The number of nitrogens with zero attached hydrogens (tertiary/aromatic N) is 1. The normalized spacial score (nSPS) is 28.6. The minimum atomic E-state index is -0.765. The number of nitrogens with one attached hydrogen (secondary N) is 1. The number of likely N-dealkylation sites (tertiary alicyclic amines) is 1. The van der Waals surface area contributed by atoms with E-state index in [-0.39, 0.29) is 30.0 Å². The number of aliphatic carboxylic acids is 1. The van der Waals surface area contributed by atoms with Gasteiger partial charge in [-0.25, -0.2) is 4.79 Å². The number of carbonyl (C=O) groups excluding carboxylic acids is 1. The van der Waals surface area contributed by atoms with Gasteiger partial charge in [-0.1, -0.05) is 6.42 Å². The number of urea groups is 1. The lowest BCUT2D eigenvalue weighted by molar-refractivity contribution is -0.141. The molecule has 1 saturated carbocycles. The van der Waals surface area contributed by atoms with E-state index >= 15 is 0 Å². The van der Waals surface area contributed by atoms with Crippen molar-refractivity contribution in [1.82, 2.24) is 10.2 Å². The summed E-state index contributed by atoms with van der Waals surface area (Å²) in [5.74, 6) is -0.765. The molecule has 1 heterocycles. The van der Waals surface area contributed by atoms with Crippen molar-refractivity contribution < 1.29 is 14.7 Å². The van der Waals surface area contributed by atoms with Crippen molar-refractivity contribution in [3.05, 3.63) is 0 Å². The largest absolute Gasteiger partial charge is 0.481 e. The highest BCUT2D eigenvalue weighted by atomic mass is 16.4. The average Bonchev–Trinajstić information content (AvgIpc) is 2.31. The summed E-state index contributed by atoms with van der Waals surface area (Å²) in [4.78, 5) is 25.2. The van der Waals surface area contributed by atoms with Gasteiger partial charge in [-0.05, 0) is 51.4 Å². The Morgan fingerprint density at radius 3 is 2.25 bits per heavy atom. The molecule has 0 unspecified atom stereocenters. The lowest BCUT2D eigenvalue weighted by Gasteiger charge is -2.43. The first-order valence-corrected chi connectivity index (χ1v) is 7.71. The van der Waals surface area contributed by atoms with E-state index in [2.05, 4.69) is 19.2 Å². The van der Waals surface area contributed by atoms with Crippen LogP contribution in [0.15, 0.2) is 0 Å². The maximum absolute atomic E-state index is 12.4. The first-order chi connectivity index (χ1) is 9.43. The number of amides is 2. The van der Waals surface area contributed by atoms with Crippen molar-refractivity contribution in [3.63, 3.8) is 0 Å². The second kappa shape index (κ2) is 6.02. The van der Waals surface area contributed by atoms with E-state index in [1.54, 1.807) is 0 Å². The van der Waals surface area contributed by atoms with Crippen LogP contribution in [0.3, 0.4) is 0 Å². The molecule has 1 aliphatic carbocycles. The second-order valence-electron chi connectivity index (χ2n) is 6.62. The maximum atomic E-state index is 12.4. The second-order valence-corrected chi connectivity index (χ2v) is 6.62. The SMILES string of the molecule is C[C@@H]1CCC[C@H](C)N1C(=O)NCC1(CC(=O)O)CCC1. The molecule has 2 N–H and O–H groups in total. The van der Waals surface area contributed by atoms with Gasteiger partial charge in [-0.2, -0.15) is 0 Å². The lowest BCUT2D eigenvalue weighted by atomic mass is 9.66. The van der Waals surface area contributed by atoms with E-state index in [1.165, 1.54) is 6.42 Å². The van der Waals surface area contributed by atoms with Gasteiger partial charge in [0, 0.05) is 18.6 Å². The molecule has 1 aliphatic heterocycles. The summed E-state index contributed by atoms with van der Waals surface area (Å²) in [6.07, 6.45) is 6.33. The zero-order chi connectivity index (χ0) is 14.8. The maximum Gasteiger partial charge on any atom is 0.317 e. The molecular weight excluding hydrogens is 256 g/mol. The van der Waals surface area contributed by atoms with Gasteiger partial charge in [-0.3, -0.25) is 4.79 Å². The molecule has 2 amide bonds. The molecule has 0 radical (unpaired) electrons. The predicted molar refractivity (Wildman–Crippen MR) is 76.5 cm³/mol. The number of carboxylic acid groups (broad SMARTS) is 1. The lowest BCUT2D eigenvalue weighted by Crippen LogP contribution is -2.54. The molecule has 2 aliphatic rings. The number of piperidine rings is 1. The van der Waals surface area contributed by atoms with Crippen LogP contribution in [0.5, 0.6) is 0 Å². The third-order valence-electron chi connectivity index (χ3n) is 4.98. The third kappa shape index (κ3) is 3.25. The summed E-state index contributed by atoms with van der Waals surface area (Å²) in [7, 11) is 0. The average molecular weight is 282 g/mol. The monoisotopic (exact) mass is 282 g/mol. The van der Waals surface area contributed by atoms with Crippen LogP contribution in [0.2, 0.25) is 0 Å². The van der Waals surface area contributed by atoms with Crippen LogP contribution in [0.4, 0.5) is 4.79 Å². The Balaban J connectivity index is 1.89. The van der Waals surface area contributed by atoms with Gasteiger partial charge in [0.15, 0.2) is 0 Å². The standard InChI is InChI=1S/C15H26N2O3/c1-11-5-3-6-12(2)17(11)14(20)16-10-15(7-4-8-15)9-13(18)19/h11-12H,3-10H2,1-2H3,(H,16,20)(H,18,19)/t11-,12+. The van der Waals surface area contributed by atoms with E-state index in [0.29, 0.717) is 6.54 Å². The fraction of sp³-hybridized carbons (Fsp3) is 0.867. The summed E-state index contributed by atoms with van der Waals surface area (Å²) in [6, 6.07) is 0.521. The molecule has 2 rings (SSSR count). The summed E-state index contributed by atoms with van der Waals surface area (Å²) >= 11 is 0. The Morgan fingerprint density at radius 1 is 1.20 bits per heavy atom. The van der Waals surface area contributed by atoms with Crippen LogP contribution >= 0.6 is 0 Å². The van der Waals surface area contributed by atoms with Gasteiger partial charge in [0.1, 0.15) is 0 Å². The molecule has 20 heavy (non-hydrogen) atoms. The van der Waals surface area contributed by atoms with Crippen LogP contribution in [0.1, 0.15) is 58.8 Å². The molecule has 0 bridgehead atoms. The van der Waals surface area contributed by atoms with Gasteiger partial charge in [0.2, 0.25) is 0 Å². The Kier molecular flexibility index (Phi) is 4.55. The topological polar surface area (TPSA) is 69.6 Å². The van der Waals surface area contributed by atoms with E-state index in [0.717, 1.165) is 32.1 Å². The Labute approximate surface area is 120 Å². The quantitative estimate of drug-likeness (QED) is 0.832. The van der Waals surface area contributed by atoms with Crippen molar-refractivity contribution >= 4 is 12.0 Å². The molecule has 5 heteroatoms. The highest BCUT2D eigenvalue weighted by molar-refractivity contribution is 5.75. The minimum Gasteiger partial charge on any atom is -0.481 e. The first kappa shape index (κ1) is 15.1. The highest BCUT2D eigenvalue weighted by Gasteiger charge is 2.40. The summed E-state index contributed by atoms with van der Waals surface area (Å²) < 4.78 is 0. The van der Waals surface area contributed by atoms with E-state index in [4.69, 9.17) is 5.11 Å². The van der Waals surface area contributed by atoms with Crippen molar-refractivity contribution in [3.8, 4) is 0 Å². The van der Waals surface area contributed by atoms with Gasteiger partial charge in [-0.15, -0.1) is 0 Å². The van der Waals surface area contributed by atoms with E-state index in [9.17, 15) is 9.59 Å². The van der Waals surface area contributed by atoms with Crippen molar-refractivity contribution in [1.29, 1.82) is 0 Å². The molecule has 0 aromatic rings. The number of hydrogen-bond acceptors (Lipinski definition) is 2. The minimum absolute atomic E-state index is 0.0265. The molecule has 0 aromatic carbocycles. The summed E-state index contributed by atoms with van der Waals surface area (Å²) in [5, 5.41) is 12.0. The Hall–Kier alpha value is -1.26. The molecular formula is C15H26N2O3. The Bertz CT molecular complexity index is 369. The van der Waals surface area contributed by atoms with E-state index < -0.39 is 5.97 Å². The zero-order valence-corrected chi connectivity index (χ0v) is 12.5. The number of carbonyl (C=O) groups is 2. The third-order valence-corrected chi connectivity index (χ3v) is 4.98. The molecule has 0 aromatic heterocycles. The Morgan fingerprint density at radius 2 is 1.80 bits per heavy atom. The van der Waals surface area contributed by atoms with Gasteiger partial charge in [0.05, 0.1) is 6.42 Å². The van der Waals surface area contributed by atoms with Crippen LogP contribution in [-0.4, -0.2) is 40.6 Å². The fourth-order valence-electron chi connectivity index (χ4n) is 3.59. The summed E-state index contributed by atoms with van der Waals surface area (Å²) in [5.41, 5.74) is -0.205. The van der Waals surface area contributed by atoms with Crippen molar-refractivity contribution in [2.75, 3.05) is 6.54 Å². The van der Waals surface area contributed by atoms with Crippen LogP contribution < -0.4 is 5.32 Å².